The maximum Gasteiger partial charge on any atom is 0.338 e. The van der Waals surface area contributed by atoms with E-state index in [-0.39, 0.29) is 11.9 Å². The summed E-state index contributed by atoms with van der Waals surface area (Å²) in [4.78, 5) is 23.3. The summed E-state index contributed by atoms with van der Waals surface area (Å²) in [5.41, 5.74) is 7.19. The van der Waals surface area contributed by atoms with Gasteiger partial charge >= 0.3 is 5.97 Å². The first-order valence-electron chi connectivity index (χ1n) is 6.86. The highest BCUT2D eigenvalue weighted by molar-refractivity contribution is 7.98. The molecule has 1 aromatic rings. The standard InChI is InChI=1S/C15H22N2O3S/c1-3-20-15(19)12-6-4-11(5-7-12)10-17-14(18)13(16)8-9-21-2/h4-7,13H,3,8-10,16H2,1-2H3,(H,17,18)/t13-/m0/s1. The van der Waals surface area contributed by atoms with Crippen LogP contribution in [0.15, 0.2) is 24.3 Å². The number of carbonyl (C=O) groups is 2. The molecule has 0 spiro atoms. The van der Waals surface area contributed by atoms with Gasteiger partial charge in [0.05, 0.1) is 18.2 Å². The van der Waals surface area contributed by atoms with Gasteiger partial charge in [0, 0.05) is 6.54 Å². The summed E-state index contributed by atoms with van der Waals surface area (Å²) in [5.74, 6) is 0.369. The Kier molecular flexibility index (Phi) is 7.85. The lowest BCUT2D eigenvalue weighted by Crippen LogP contribution is -2.40. The van der Waals surface area contributed by atoms with Crippen molar-refractivity contribution in [1.82, 2.24) is 5.32 Å². The second-order valence-corrected chi connectivity index (χ2v) is 5.51. The molecule has 116 valence electrons. The van der Waals surface area contributed by atoms with Gasteiger partial charge in [-0.05, 0) is 43.0 Å². The van der Waals surface area contributed by atoms with Gasteiger partial charge in [-0.25, -0.2) is 4.79 Å². The monoisotopic (exact) mass is 310 g/mol. The molecule has 0 bridgehead atoms. The Morgan fingerprint density at radius 1 is 1.33 bits per heavy atom. The molecule has 0 aliphatic carbocycles. The van der Waals surface area contributed by atoms with Crippen molar-refractivity contribution in [1.29, 1.82) is 0 Å². The van der Waals surface area contributed by atoms with Crippen LogP contribution in [0.25, 0.3) is 0 Å². The molecule has 0 unspecified atom stereocenters. The number of nitrogens with two attached hydrogens (primary N) is 1. The number of thioether (sulfide) groups is 1. The largest absolute Gasteiger partial charge is 0.462 e. The van der Waals surface area contributed by atoms with E-state index in [4.69, 9.17) is 10.5 Å². The van der Waals surface area contributed by atoms with Crippen molar-refractivity contribution >= 4 is 23.6 Å². The average Bonchev–Trinajstić information content (AvgIpc) is 2.50. The van der Waals surface area contributed by atoms with E-state index in [0.29, 0.717) is 25.1 Å². The molecule has 1 atom stereocenters. The number of rotatable bonds is 8. The van der Waals surface area contributed by atoms with Gasteiger partial charge in [-0.2, -0.15) is 11.8 Å². The number of hydrogen-bond donors (Lipinski definition) is 2. The third-order valence-electron chi connectivity index (χ3n) is 2.90. The van der Waals surface area contributed by atoms with Crippen LogP contribution in [-0.4, -0.2) is 36.5 Å². The van der Waals surface area contributed by atoms with Crippen LogP contribution in [0.1, 0.15) is 29.3 Å². The van der Waals surface area contributed by atoms with Crippen LogP contribution in [0.5, 0.6) is 0 Å². The molecule has 1 rings (SSSR count). The lowest BCUT2D eigenvalue weighted by Gasteiger charge is -2.11. The normalized spacial score (nSPS) is 11.8. The fraction of sp³-hybridized carbons (Fsp3) is 0.467. The SMILES string of the molecule is CCOC(=O)c1ccc(CNC(=O)[C@@H](N)CCSC)cc1. The third-order valence-corrected chi connectivity index (χ3v) is 3.55. The maximum atomic E-state index is 11.8. The summed E-state index contributed by atoms with van der Waals surface area (Å²) in [6, 6.07) is 6.48. The van der Waals surface area contributed by atoms with Gasteiger partial charge in [-0.3, -0.25) is 4.79 Å². The van der Waals surface area contributed by atoms with Crippen molar-refractivity contribution < 1.29 is 14.3 Å². The van der Waals surface area contributed by atoms with E-state index >= 15 is 0 Å². The molecule has 0 saturated carbocycles. The van der Waals surface area contributed by atoms with Gasteiger partial charge < -0.3 is 15.8 Å². The highest BCUT2D eigenvalue weighted by atomic mass is 32.2. The molecule has 0 aliphatic rings. The predicted molar refractivity (Wildman–Crippen MR) is 85.2 cm³/mol. The molecule has 3 N–H and O–H groups in total. The van der Waals surface area contributed by atoms with E-state index in [9.17, 15) is 9.59 Å². The summed E-state index contributed by atoms with van der Waals surface area (Å²) in [6.07, 6.45) is 2.64. The van der Waals surface area contributed by atoms with Crippen molar-refractivity contribution in [3.63, 3.8) is 0 Å². The topological polar surface area (TPSA) is 81.4 Å². The lowest BCUT2D eigenvalue weighted by molar-refractivity contribution is -0.122. The van der Waals surface area contributed by atoms with Crippen LogP contribution in [0.2, 0.25) is 0 Å². The van der Waals surface area contributed by atoms with Crippen molar-refractivity contribution in [3.05, 3.63) is 35.4 Å². The number of amides is 1. The van der Waals surface area contributed by atoms with E-state index in [1.165, 1.54) is 0 Å². The Morgan fingerprint density at radius 2 is 2.00 bits per heavy atom. The number of ether oxygens (including phenoxy) is 1. The maximum absolute atomic E-state index is 11.8. The predicted octanol–water partition coefficient (Wildman–Crippen LogP) is 1.56. The number of benzene rings is 1. The van der Waals surface area contributed by atoms with E-state index in [2.05, 4.69) is 5.32 Å². The summed E-state index contributed by atoms with van der Waals surface area (Å²) >= 11 is 1.67. The van der Waals surface area contributed by atoms with Crippen molar-refractivity contribution in [3.8, 4) is 0 Å². The molecule has 1 aromatic carbocycles. The summed E-state index contributed by atoms with van der Waals surface area (Å²) in [7, 11) is 0. The highest BCUT2D eigenvalue weighted by Crippen LogP contribution is 2.06. The molecule has 1 amide bonds. The second-order valence-electron chi connectivity index (χ2n) is 4.52. The first-order valence-corrected chi connectivity index (χ1v) is 8.26. The Morgan fingerprint density at radius 3 is 2.57 bits per heavy atom. The Labute approximate surface area is 129 Å². The zero-order valence-electron chi connectivity index (χ0n) is 12.4. The second kappa shape index (κ2) is 9.41. The Bertz CT molecular complexity index is 462. The minimum absolute atomic E-state index is 0.154. The van der Waals surface area contributed by atoms with E-state index in [0.717, 1.165) is 11.3 Å². The van der Waals surface area contributed by atoms with Gasteiger partial charge in [0.1, 0.15) is 0 Å². The van der Waals surface area contributed by atoms with Crippen LogP contribution >= 0.6 is 11.8 Å². The van der Waals surface area contributed by atoms with Gasteiger partial charge in [-0.1, -0.05) is 12.1 Å². The first-order chi connectivity index (χ1) is 10.1. The Balaban J connectivity index is 2.45. The number of nitrogens with one attached hydrogen (secondary N) is 1. The lowest BCUT2D eigenvalue weighted by atomic mass is 10.1. The molecule has 0 heterocycles. The van der Waals surface area contributed by atoms with Crippen molar-refractivity contribution in [2.24, 2.45) is 5.73 Å². The van der Waals surface area contributed by atoms with E-state index in [1.807, 2.05) is 6.26 Å². The molecule has 0 saturated heterocycles. The highest BCUT2D eigenvalue weighted by Gasteiger charge is 2.12. The number of carbonyl (C=O) groups excluding carboxylic acids is 2. The molecule has 0 radical (unpaired) electrons. The first kappa shape index (κ1) is 17.5. The average molecular weight is 310 g/mol. The van der Waals surface area contributed by atoms with E-state index < -0.39 is 6.04 Å². The number of hydrogen-bond acceptors (Lipinski definition) is 5. The Hall–Kier alpha value is -1.53. The van der Waals surface area contributed by atoms with Crippen molar-refractivity contribution in [2.45, 2.75) is 25.9 Å². The van der Waals surface area contributed by atoms with Gasteiger partial charge in [0.2, 0.25) is 5.91 Å². The fourth-order valence-corrected chi connectivity index (χ4v) is 2.16. The van der Waals surface area contributed by atoms with Crippen LogP contribution in [0, 0.1) is 0 Å². The summed E-state index contributed by atoms with van der Waals surface area (Å²) in [6.45, 7) is 2.52. The van der Waals surface area contributed by atoms with E-state index in [1.54, 1.807) is 43.0 Å². The summed E-state index contributed by atoms with van der Waals surface area (Å²) < 4.78 is 4.91. The molecule has 5 nitrogen and oxygen atoms in total. The minimum atomic E-state index is -0.476. The number of esters is 1. The molecular formula is C15H22N2O3S. The quantitative estimate of drug-likeness (QED) is 0.712. The van der Waals surface area contributed by atoms with Crippen LogP contribution < -0.4 is 11.1 Å². The third kappa shape index (κ3) is 6.18. The zero-order valence-corrected chi connectivity index (χ0v) is 13.2. The molecular weight excluding hydrogens is 288 g/mol. The molecule has 6 heteroatoms. The van der Waals surface area contributed by atoms with Crippen LogP contribution in [0.3, 0.4) is 0 Å². The van der Waals surface area contributed by atoms with Gasteiger partial charge in [-0.15, -0.1) is 0 Å². The van der Waals surface area contributed by atoms with Crippen LogP contribution in [-0.2, 0) is 16.1 Å². The van der Waals surface area contributed by atoms with Gasteiger partial charge in [0.15, 0.2) is 0 Å². The fourth-order valence-electron chi connectivity index (χ4n) is 1.67. The van der Waals surface area contributed by atoms with Crippen molar-refractivity contribution in [2.75, 3.05) is 18.6 Å². The molecule has 0 aromatic heterocycles. The minimum Gasteiger partial charge on any atom is -0.462 e. The smallest absolute Gasteiger partial charge is 0.338 e. The summed E-state index contributed by atoms with van der Waals surface area (Å²) in [5, 5.41) is 2.79. The van der Waals surface area contributed by atoms with Gasteiger partial charge in [0.25, 0.3) is 0 Å². The molecule has 21 heavy (non-hydrogen) atoms. The zero-order chi connectivity index (χ0) is 15.7. The molecule has 0 fully saturated rings. The molecule has 0 aliphatic heterocycles. The van der Waals surface area contributed by atoms with Crippen LogP contribution in [0.4, 0.5) is 0 Å².